The average molecular weight is 539 g/mol. The van der Waals surface area contributed by atoms with Gasteiger partial charge in [-0.05, 0) is 54.1 Å². The Morgan fingerprint density at radius 2 is 1.80 bits per heavy atom. The molecule has 0 amide bonds. The summed E-state index contributed by atoms with van der Waals surface area (Å²) in [7, 11) is -2.66. The zero-order valence-corrected chi connectivity index (χ0v) is 20.4. The number of methoxy groups -OCH3 is 1. The smallest absolute Gasteiger partial charge is 0.437 e. The Labute approximate surface area is 209 Å². The molecule has 35 heavy (non-hydrogen) atoms. The second kappa shape index (κ2) is 10.2. The van der Waals surface area contributed by atoms with Crippen molar-refractivity contribution in [1.29, 1.82) is 0 Å². The molecule has 12 heteroatoms. The molecule has 4 rings (SSSR count). The van der Waals surface area contributed by atoms with E-state index in [1.54, 1.807) is 24.3 Å². The van der Waals surface area contributed by atoms with Crippen LogP contribution < -0.4 is 10.5 Å². The van der Waals surface area contributed by atoms with Crippen LogP contribution in [0.1, 0.15) is 0 Å². The number of ether oxygens (including phenoxy) is 1. The highest BCUT2D eigenvalue weighted by Crippen LogP contribution is 2.32. The lowest BCUT2D eigenvalue weighted by atomic mass is 10.0. The molecule has 0 radical (unpaired) electrons. The van der Waals surface area contributed by atoms with Gasteiger partial charge < -0.3 is 9.15 Å². The largest absolute Gasteiger partial charge is 0.496 e. The lowest BCUT2D eigenvalue weighted by molar-refractivity contribution is 0.288. The molecule has 0 atom stereocenters. The van der Waals surface area contributed by atoms with Gasteiger partial charge in [0, 0.05) is 11.1 Å². The lowest BCUT2D eigenvalue weighted by Crippen LogP contribution is -2.20. The van der Waals surface area contributed by atoms with Gasteiger partial charge in [-0.15, -0.1) is 5.10 Å². The molecule has 1 heterocycles. The fourth-order valence-electron chi connectivity index (χ4n) is 3.22. The van der Waals surface area contributed by atoms with Gasteiger partial charge in [0.25, 0.3) is 10.1 Å². The molecule has 0 aliphatic carbocycles. The first-order valence-corrected chi connectivity index (χ1v) is 12.2. The zero-order chi connectivity index (χ0) is 25.2. The van der Waals surface area contributed by atoms with Crippen LogP contribution >= 0.6 is 23.2 Å². The summed E-state index contributed by atoms with van der Waals surface area (Å²) in [6.07, 6.45) is 0. The first-order valence-electron chi connectivity index (χ1n) is 10.0. The van der Waals surface area contributed by atoms with Gasteiger partial charge in [0.05, 0.1) is 35.2 Å². The first-order chi connectivity index (χ1) is 16.7. The molecule has 182 valence electrons. The number of nitrogens with zero attached hydrogens (tertiary/aromatic N) is 2. The summed E-state index contributed by atoms with van der Waals surface area (Å²) in [5, 5.41) is 4.37. The Morgan fingerprint density at radius 3 is 2.54 bits per heavy atom. The topological polar surface area (TPSA) is 101 Å². The number of aromatic nitrogens is 2. The zero-order valence-electron chi connectivity index (χ0n) is 18.1. The summed E-state index contributed by atoms with van der Waals surface area (Å²) < 4.78 is 54.9. The molecule has 0 aliphatic heterocycles. The van der Waals surface area contributed by atoms with E-state index in [4.69, 9.17) is 36.5 Å². The van der Waals surface area contributed by atoms with Gasteiger partial charge in [0.1, 0.15) is 11.6 Å². The Hall–Kier alpha value is -3.18. The third kappa shape index (κ3) is 5.57. The van der Waals surface area contributed by atoms with Crippen molar-refractivity contribution >= 4 is 33.3 Å². The van der Waals surface area contributed by atoms with Gasteiger partial charge in [0.15, 0.2) is 0 Å². The fraction of sp³-hybridized carbons (Fsp3) is 0.130. The highest BCUT2D eigenvalue weighted by molar-refractivity contribution is 7.86. The van der Waals surface area contributed by atoms with Crippen molar-refractivity contribution in [1.82, 2.24) is 9.78 Å². The highest BCUT2D eigenvalue weighted by Gasteiger charge is 2.18. The van der Waals surface area contributed by atoms with E-state index in [2.05, 4.69) is 5.10 Å². The van der Waals surface area contributed by atoms with Crippen molar-refractivity contribution in [2.45, 2.75) is 11.4 Å². The molecule has 4 aromatic rings. The summed E-state index contributed by atoms with van der Waals surface area (Å²) in [4.78, 5) is 12.1. The molecule has 1 aromatic heterocycles. The van der Waals surface area contributed by atoms with Crippen LogP contribution in [0.5, 0.6) is 5.75 Å². The summed E-state index contributed by atoms with van der Waals surface area (Å²) in [5.41, 5.74) is 1.58. The van der Waals surface area contributed by atoms with E-state index >= 15 is 0 Å². The van der Waals surface area contributed by atoms with E-state index in [0.29, 0.717) is 22.4 Å². The summed E-state index contributed by atoms with van der Waals surface area (Å²) in [5.74, 6) is -0.766. The molecule has 0 unspecified atom stereocenters. The Kier molecular flexibility index (Phi) is 7.27. The van der Waals surface area contributed by atoms with Gasteiger partial charge in [-0.25, -0.2) is 9.18 Å². The number of hydrogen-bond donors (Lipinski definition) is 0. The normalized spacial score (nSPS) is 11.5. The maximum Gasteiger partial charge on any atom is 0.437 e. The van der Waals surface area contributed by atoms with Crippen LogP contribution in [0.25, 0.3) is 22.6 Å². The van der Waals surface area contributed by atoms with Crippen molar-refractivity contribution < 1.29 is 26.1 Å². The number of rotatable bonds is 8. The van der Waals surface area contributed by atoms with E-state index in [1.165, 1.54) is 43.5 Å². The number of hydrogen-bond acceptors (Lipinski definition) is 7. The van der Waals surface area contributed by atoms with Crippen LogP contribution in [0.4, 0.5) is 4.39 Å². The molecular formula is C23H17Cl2FN2O6S. The van der Waals surface area contributed by atoms with Crippen LogP contribution in [0.2, 0.25) is 10.0 Å². The van der Waals surface area contributed by atoms with Crippen LogP contribution in [0, 0.1) is 5.82 Å². The standard InChI is InChI=1S/C23H17Cl2FN2O6S/c1-32-21-8-5-16(26)12-18(21)14-3-2-4-15(11-14)22-27-28(23(29)34-22)9-10-33-35(30,31)17-6-7-19(24)20(25)13-17/h2-8,11-13H,9-10H2,1H3. The van der Waals surface area contributed by atoms with Crippen molar-refractivity contribution in [2.24, 2.45) is 0 Å². The van der Waals surface area contributed by atoms with Crippen molar-refractivity contribution in [2.75, 3.05) is 13.7 Å². The summed E-state index contributed by atoms with van der Waals surface area (Å²) in [6.45, 7) is -0.574. The minimum absolute atomic E-state index is 0.000407. The van der Waals surface area contributed by atoms with E-state index in [1.807, 2.05) is 0 Å². The molecule has 0 N–H and O–H groups in total. The van der Waals surface area contributed by atoms with Crippen LogP contribution in [-0.2, 0) is 20.8 Å². The molecule has 0 aliphatic rings. The minimum atomic E-state index is -4.13. The molecule has 0 bridgehead atoms. The van der Waals surface area contributed by atoms with E-state index in [0.717, 1.165) is 4.68 Å². The fourth-order valence-corrected chi connectivity index (χ4v) is 4.51. The van der Waals surface area contributed by atoms with Gasteiger partial charge in [0.2, 0.25) is 5.89 Å². The Morgan fingerprint density at radius 1 is 1.03 bits per heavy atom. The number of halogens is 3. The van der Waals surface area contributed by atoms with E-state index in [9.17, 15) is 17.6 Å². The average Bonchev–Trinajstić information content (AvgIpc) is 3.21. The number of benzene rings is 3. The monoisotopic (exact) mass is 538 g/mol. The lowest BCUT2D eigenvalue weighted by Gasteiger charge is -2.09. The van der Waals surface area contributed by atoms with Crippen LogP contribution in [0.15, 0.2) is 74.8 Å². The third-order valence-electron chi connectivity index (χ3n) is 4.91. The molecule has 0 fully saturated rings. The van der Waals surface area contributed by atoms with Gasteiger partial charge in [-0.2, -0.15) is 13.1 Å². The van der Waals surface area contributed by atoms with Gasteiger partial charge in [-0.1, -0.05) is 35.3 Å². The van der Waals surface area contributed by atoms with Gasteiger partial charge >= 0.3 is 5.76 Å². The predicted molar refractivity (Wildman–Crippen MR) is 128 cm³/mol. The molecule has 0 spiro atoms. The Bertz CT molecular complexity index is 1550. The van der Waals surface area contributed by atoms with Crippen molar-refractivity contribution in [3.05, 3.63) is 87.1 Å². The first kappa shape index (κ1) is 24.9. The van der Waals surface area contributed by atoms with E-state index in [-0.39, 0.29) is 34.0 Å². The highest BCUT2D eigenvalue weighted by atomic mass is 35.5. The summed E-state index contributed by atoms with van der Waals surface area (Å²) in [6, 6.07) is 14.7. The van der Waals surface area contributed by atoms with Crippen molar-refractivity contribution in [3.63, 3.8) is 0 Å². The minimum Gasteiger partial charge on any atom is -0.496 e. The third-order valence-corrected chi connectivity index (χ3v) is 6.96. The molecule has 3 aromatic carbocycles. The predicted octanol–water partition coefficient (Wildman–Crippen LogP) is 5.03. The second-order valence-electron chi connectivity index (χ2n) is 7.17. The van der Waals surface area contributed by atoms with Crippen molar-refractivity contribution in [3.8, 4) is 28.3 Å². The maximum atomic E-state index is 13.8. The van der Waals surface area contributed by atoms with Gasteiger partial charge in [-0.3, -0.25) is 4.18 Å². The Balaban J connectivity index is 1.51. The summed E-state index contributed by atoms with van der Waals surface area (Å²) >= 11 is 11.7. The van der Waals surface area contributed by atoms with E-state index < -0.39 is 21.7 Å². The second-order valence-corrected chi connectivity index (χ2v) is 9.60. The molecular weight excluding hydrogens is 522 g/mol. The maximum absolute atomic E-state index is 13.8. The van der Waals surface area contributed by atoms with Crippen LogP contribution in [-0.4, -0.2) is 31.9 Å². The van der Waals surface area contributed by atoms with Crippen LogP contribution in [0.3, 0.4) is 0 Å². The molecule has 0 saturated carbocycles. The quantitative estimate of drug-likeness (QED) is 0.290. The molecule has 8 nitrogen and oxygen atoms in total. The molecule has 0 saturated heterocycles. The SMILES string of the molecule is COc1ccc(F)cc1-c1cccc(-c2nn(CCOS(=O)(=O)c3ccc(Cl)c(Cl)c3)c(=O)o2)c1.